The lowest BCUT2D eigenvalue weighted by Crippen LogP contribution is -2.10. The zero-order valence-corrected chi connectivity index (χ0v) is 23.2. The van der Waals surface area contributed by atoms with Crippen LogP contribution in [0.5, 0.6) is 0 Å². The van der Waals surface area contributed by atoms with Crippen LogP contribution in [-0.4, -0.2) is 0 Å². The van der Waals surface area contributed by atoms with Crippen LogP contribution in [0.1, 0.15) is 0 Å². The van der Waals surface area contributed by atoms with Gasteiger partial charge >= 0.3 is 0 Å². The van der Waals surface area contributed by atoms with Gasteiger partial charge in [-0.1, -0.05) is 97.1 Å². The van der Waals surface area contributed by atoms with E-state index >= 15 is 0 Å². The second kappa shape index (κ2) is 9.37. The Labute approximate surface area is 247 Å². The molecule has 0 N–H and O–H groups in total. The lowest BCUT2D eigenvalue weighted by Gasteiger charge is -2.26. The summed E-state index contributed by atoms with van der Waals surface area (Å²) < 4.78 is 13.1. The molecule has 7 aromatic carbocycles. The van der Waals surface area contributed by atoms with Gasteiger partial charge in [0.15, 0.2) is 5.58 Å². The first-order valence-electron chi connectivity index (χ1n) is 14.5. The lowest BCUT2D eigenvalue weighted by molar-refractivity contribution is 0.663. The third-order valence-corrected chi connectivity index (χ3v) is 8.43. The minimum atomic E-state index is 0.837. The minimum Gasteiger partial charge on any atom is -0.456 e. The molecule has 0 bridgehead atoms. The van der Waals surface area contributed by atoms with Crippen molar-refractivity contribution in [3.63, 3.8) is 0 Å². The van der Waals surface area contributed by atoms with E-state index in [9.17, 15) is 0 Å². The fourth-order valence-corrected chi connectivity index (χ4v) is 6.55. The zero-order valence-electron chi connectivity index (χ0n) is 23.2. The van der Waals surface area contributed by atoms with Gasteiger partial charge < -0.3 is 13.7 Å². The van der Waals surface area contributed by atoms with E-state index in [1.54, 1.807) is 0 Å². The molecule has 3 heteroatoms. The van der Waals surface area contributed by atoms with Crippen LogP contribution in [0.25, 0.3) is 65.8 Å². The maximum absolute atomic E-state index is 6.83. The van der Waals surface area contributed by atoms with Crippen LogP contribution in [0.3, 0.4) is 0 Å². The summed E-state index contributed by atoms with van der Waals surface area (Å²) in [6, 6.07) is 53.0. The molecule has 0 radical (unpaired) electrons. The van der Waals surface area contributed by atoms with Crippen LogP contribution in [-0.2, 0) is 0 Å². The summed E-state index contributed by atoms with van der Waals surface area (Å²) in [5, 5.41) is 6.73. The molecule has 0 fully saturated rings. The number of anilines is 3. The minimum absolute atomic E-state index is 0.837. The van der Waals surface area contributed by atoms with E-state index in [0.29, 0.717) is 0 Å². The van der Waals surface area contributed by atoms with Crippen molar-refractivity contribution >= 4 is 71.7 Å². The standard InChI is InChI=1S/C40H25NO2/c1-3-14-28(15-4-1)41(29-16-5-2-6-17-29)34-25-27(31-20-11-13-26-12-7-8-18-30(26)31)24-33-39-37(43-40(33)34)23-22-36-38(39)32-19-9-10-21-35(32)42-36/h1-25H. The average Bonchev–Trinajstić information content (AvgIpc) is 3.64. The van der Waals surface area contributed by atoms with E-state index < -0.39 is 0 Å². The van der Waals surface area contributed by atoms with E-state index in [-0.39, 0.29) is 0 Å². The van der Waals surface area contributed by atoms with Gasteiger partial charge in [0, 0.05) is 32.9 Å². The number of benzene rings is 7. The number of hydrogen-bond acceptors (Lipinski definition) is 3. The lowest BCUT2D eigenvalue weighted by atomic mass is 9.95. The summed E-state index contributed by atoms with van der Waals surface area (Å²) in [4.78, 5) is 2.30. The molecule has 0 aliphatic carbocycles. The van der Waals surface area contributed by atoms with Crippen molar-refractivity contribution in [2.45, 2.75) is 0 Å². The average molecular weight is 552 g/mol. The van der Waals surface area contributed by atoms with Gasteiger partial charge in [-0.3, -0.25) is 0 Å². The Bertz CT molecular complexity index is 2410. The number of nitrogens with zero attached hydrogens (tertiary/aromatic N) is 1. The molecule has 0 spiro atoms. The third-order valence-electron chi connectivity index (χ3n) is 8.43. The van der Waals surface area contributed by atoms with Crippen molar-refractivity contribution in [1.82, 2.24) is 0 Å². The highest BCUT2D eigenvalue weighted by Crippen LogP contribution is 2.47. The highest BCUT2D eigenvalue weighted by atomic mass is 16.3. The van der Waals surface area contributed by atoms with Gasteiger partial charge in [0.25, 0.3) is 0 Å². The molecule has 0 aliphatic heterocycles. The molecular weight excluding hydrogens is 526 g/mol. The third kappa shape index (κ3) is 3.68. The predicted octanol–water partition coefficient (Wildman–Crippen LogP) is 11.8. The molecule has 0 saturated heterocycles. The number of fused-ring (bicyclic) bond motifs is 8. The molecule has 9 aromatic rings. The van der Waals surface area contributed by atoms with Crippen LogP contribution in [0.15, 0.2) is 160 Å². The topological polar surface area (TPSA) is 29.5 Å². The molecule has 0 amide bonds. The summed E-state index contributed by atoms with van der Waals surface area (Å²) in [6.45, 7) is 0. The van der Waals surface area contributed by atoms with Crippen molar-refractivity contribution in [3.05, 3.63) is 152 Å². The normalized spacial score (nSPS) is 11.7. The molecule has 9 rings (SSSR count). The highest BCUT2D eigenvalue weighted by molar-refractivity contribution is 6.27. The molecule has 2 heterocycles. The van der Waals surface area contributed by atoms with Crippen molar-refractivity contribution in [2.24, 2.45) is 0 Å². The van der Waals surface area contributed by atoms with Gasteiger partial charge in [0.2, 0.25) is 0 Å². The van der Waals surface area contributed by atoms with Crippen LogP contribution >= 0.6 is 0 Å². The molecule has 0 aliphatic rings. The van der Waals surface area contributed by atoms with Gasteiger partial charge in [-0.15, -0.1) is 0 Å². The molecule has 2 aromatic heterocycles. The van der Waals surface area contributed by atoms with Gasteiger partial charge in [-0.05, 0) is 76.5 Å². The fraction of sp³-hybridized carbons (Fsp3) is 0. The molecule has 3 nitrogen and oxygen atoms in total. The quantitative estimate of drug-likeness (QED) is 0.218. The SMILES string of the molecule is c1ccc(N(c2ccccc2)c2cc(-c3cccc4ccccc34)cc3c2oc2ccc4oc5ccccc5c4c23)cc1. The molecule has 0 unspecified atom stereocenters. The molecule has 0 saturated carbocycles. The predicted molar refractivity (Wildman–Crippen MR) is 179 cm³/mol. The summed E-state index contributed by atoms with van der Waals surface area (Å²) in [6.07, 6.45) is 0. The first-order valence-corrected chi connectivity index (χ1v) is 14.5. The van der Waals surface area contributed by atoms with E-state index in [4.69, 9.17) is 8.83 Å². The largest absolute Gasteiger partial charge is 0.456 e. The number of hydrogen-bond donors (Lipinski definition) is 0. The Balaban J connectivity index is 1.46. The smallest absolute Gasteiger partial charge is 0.159 e. The Hall–Kier alpha value is -5.80. The Morgan fingerprint density at radius 3 is 1.79 bits per heavy atom. The first-order chi connectivity index (χ1) is 21.3. The maximum atomic E-state index is 6.83. The molecular formula is C40H25NO2. The second-order valence-electron chi connectivity index (χ2n) is 10.9. The highest BCUT2D eigenvalue weighted by Gasteiger charge is 2.23. The summed E-state index contributed by atoms with van der Waals surface area (Å²) >= 11 is 0. The summed E-state index contributed by atoms with van der Waals surface area (Å²) in [5.41, 5.74) is 8.82. The van der Waals surface area contributed by atoms with E-state index in [0.717, 1.165) is 66.5 Å². The van der Waals surface area contributed by atoms with Crippen molar-refractivity contribution < 1.29 is 8.83 Å². The van der Waals surface area contributed by atoms with Crippen molar-refractivity contribution in [3.8, 4) is 11.1 Å². The van der Waals surface area contributed by atoms with Crippen LogP contribution < -0.4 is 4.90 Å². The van der Waals surface area contributed by atoms with E-state index in [2.05, 4.69) is 132 Å². The van der Waals surface area contributed by atoms with E-state index in [1.807, 2.05) is 24.3 Å². The number of furan rings is 2. The summed E-state index contributed by atoms with van der Waals surface area (Å²) in [5.74, 6) is 0. The Morgan fingerprint density at radius 2 is 1.02 bits per heavy atom. The fourth-order valence-electron chi connectivity index (χ4n) is 6.55. The first kappa shape index (κ1) is 23.9. The van der Waals surface area contributed by atoms with Gasteiger partial charge in [-0.25, -0.2) is 0 Å². The molecule has 202 valence electrons. The number of rotatable bonds is 4. The second-order valence-corrected chi connectivity index (χ2v) is 10.9. The molecule has 43 heavy (non-hydrogen) atoms. The van der Waals surface area contributed by atoms with Gasteiger partial charge in [0.1, 0.15) is 16.7 Å². The van der Waals surface area contributed by atoms with Crippen LogP contribution in [0, 0.1) is 0 Å². The number of para-hydroxylation sites is 3. The maximum Gasteiger partial charge on any atom is 0.159 e. The Morgan fingerprint density at radius 1 is 0.419 bits per heavy atom. The van der Waals surface area contributed by atoms with Crippen molar-refractivity contribution in [1.29, 1.82) is 0 Å². The van der Waals surface area contributed by atoms with Crippen LogP contribution in [0.4, 0.5) is 17.1 Å². The van der Waals surface area contributed by atoms with Gasteiger partial charge in [0.05, 0.1) is 5.69 Å². The van der Waals surface area contributed by atoms with Crippen LogP contribution in [0.2, 0.25) is 0 Å². The Kier molecular flexibility index (Phi) is 5.20. The zero-order chi connectivity index (χ0) is 28.3. The summed E-state index contributed by atoms with van der Waals surface area (Å²) in [7, 11) is 0. The molecule has 0 atom stereocenters. The van der Waals surface area contributed by atoms with E-state index in [1.165, 1.54) is 16.3 Å². The van der Waals surface area contributed by atoms with Gasteiger partial charge in [-0.2, -0.15) is 0 Å². The van der Waals surface area contributed by atoms with Crippen molar-refractivity contribution in [2.75, 3.05) is 4.90 Å². The monoisotopic (exact) mass is 551 g/mol.